The van der Waals surface area contributed by atoms with E-state index in [-0.39, 0.29) is 25.5 Å². The van der Waals surface area contributed by atoms with Gasteiger partial charge in [-0.3, -0.25) is 23.5 Å². The Morgan fingerprint density at radius 1 is 1.37 bits per heavy atom. The van der Waals surface area contributed by atoms with Crippen LogP contribution in [-0.2, 0) is 23.2 Å². The van der Waals surface area contributed by atoms with E-state index in [2.05, 4.69) is 0 Å². The van der Waals surface area contributed by atoms with E-state index < -0.39 is 23.1 Å². The Bertz CT molecular complexity index is 638. The lowest BCUT2D eigenvalue weighted by molar-refractivity contribution is -0.153. The number of carboxylic acids is 1. The van der Waals surface area contributed by atoms with Crippen LogP contribution in [0, 0.1) is 5.92 Å². The van der Waals surface area contributed by atoms with Crippen LogP contribution in [0.3, 0.4) is 0 Å². The summed E-state index contributed by atoms with van der Waals surface area (Å²) in [6, 6.07) is 1.20. The Hall–Kier alpha value is -2.38. The number of aliphatic carboxylic acids is 1. The van der Waals surface area contributed by atoms with E-state index in [0.717, 1.165) is 9.13 Å². The van der Waals surface area contributed by atoms with Gasteiger partial charge >= 0.3 is 11.7 Å². The molecule has 1 fully saturated rings. The maximum absolute atomic E-state index is 11.8. The Morgan fingerprint density at radius 3 is 2.58 bits per heavy atom. The fourth-order valence-electron chi connectivity index (χ4n) is 1.82. The third-order valence-corrected chi connectivity index (χ3v) is 3.15. The van der Waals surface area contributed by atoms with Crippen LogP contribution < -0.4 is 11.2 Å². The van der Waals surface area contributed by atoms with Crippen molar-refractivity contribution >= 4 is 11.9 Å². The van der Waals surface area contributed by atoms with Gasteiger partial charge in [0.2, 0.25) is 5.91 Å². The van der Waals surface area contributed by atoms with Gasteiger partial charge in [-0.2, -0.15) is 0 Å². The molecule has 102 valence electrons. The Morgan fingerprint density at radius 2 is 2.00 bits per heavy atom. The molecular weight excluding hydrogens is 254 g/mol. The maximum Gasteiger partial charge on any atom is 0.331 e. The minimum Gasteiger partial charge on any atom is -0.481 e. The van der Waals surface area contributed by atoms with Gasteiger partial charge in [0.05, 0.1) is 5.92 Å². The molecule has 1 aliphatic heterocycles. The Kier molecular flexibility index (Phi) is 3.24. The zero-order chi connectivity index (χ0) is 14.2. The van der Waals surface area contributed by atoms with Crippen LogP contribution in [0.4, 0.5) is 0 Å². The zero-order valence-corrected chi connectivity index (χ0v) is 10.3. The van der Waals surface area contributed by atoms with Crippen molar-refractivity contribution in [3.63, 3.8) is 0 Å². The lowest BCUT2D eigenvalue weighted by Gasteiger charge is -2.36. The molecule has 2 heterocycles. The number of carboxylic acid groups (broad SMARTS) is 1. The predicted octanol–water partition coefficient (Wildman–Crippen LogP) is -1.91. The van der Waals surface area contributed by atoms with Gasteiger partial charge in [0.1, 0.15) is 6.54 Å². The molecule has 0 bridgehead atoms. The minimum absolute atomic E-state index is 0.161. The van der Waals surface area contributed by atoms with Crippen LogP contribution in [0.15, 0.2) is 21.9 Å². The molecule has 0 aromatic carbocycles. The highest BCUT2D eigenvalue weighted by molar-refractivity contribution is 5.80. The molecule has 0 radical (unpaired) electrons. The summed E-state index contributed by atoms with van der Waals surface area (Å²) in [6.07, 6.45) is 1.26. The molecule has 1 amide bonds. The second-order valence-corrected chi connectivity index (χ2v) is 4.46. The average molecular weight is 267 g/mol. The molecule has 1 saturated heterocycles. The highest BCUT2D eigenvalue weighted by Crippen LogP contribution is 2.15. The van der Waals surface area contributed by atoms with E-state index in [0.29, 0.717) is 0 Å². The molecule has 1 N–H and O–H groups in total. The second-order valence-electron chi connectivity index (χ2n) is 4.46. The number of hydrogen-bond donors (Lipinski definition) is 1. The van der Waals surface area contributed by atoms with E-state index >= 15 is 0 Å². The van der Waals surface area contributed by atoms with Crippen LogP contribution in [0.2, 0.25) is 0 Å². The van der Waals surface area contributed by atoms with Gasteiger partial charge in [-0.15, -0.1) is 0 Å². The van der Waals surface area contributed by atoms with Crippen LogP contribution in [0.5, 0.6) is 0 Å². The molecule has 1 aliphatic rings. The molecule has 0 atom stereocenters. The summed E-state index contributed by atoms with van der Waals surface area (Å²) in [5.74, 6) is -1.79. The van der Waals surface area contributed by atoms with Crippen molar-refractivity contribution in [2.24, 2.45) is 13.0 Å². The average Bonchev–Trinajstić information content (AvgIpc) is 2.27. The zero-order valence-electron chi connectivity index (χ0n) is 10.3. The van der Waals surface area contributed by atoms with Gasteiger partial charge < -0.3 is 10.0 Å². The topological polar surface area (TPSA) is 102 Å². The van der Waals surface area contributed by atoms with Crippen LogP contribution >= 0.6 is 0 Å². The molecule has 19 heavy (non-hydrogen) atoms. The molecule has 0 saturated carbocycles. The van der Waals surface area contributed by atoms with Gasteiger partial charge in [-0.25, -0.2) is 4.79 Å². The number of carbonyl (C=O) groups excluding carboxylic acids is 1. The number of aromatic nitrogens is 2. The first kappa shape index (κ1) is 13.1. The van der Waals surface area contributed by atoms with E-state index in [1.807, 2.05) is 0 Å². The summed E-state index contributed by atoms with van der Waals surface area (Å²) in [5.41, 5.74) is -1.01. The molecule has 8 heteroatoms. The Labute approximate surface area is 107 Å². The molecule has 0 unspecified atom stereocenters. The first-order valence-corrected chi connectivity index (χ1v) is 5.67. The molecule has 1 aromatic rings. The van der Waals surface area contributed by atoms with E-state index in [1.54, 1.807) is 0 Å². The third-order valence-electron chi connectivity index (χ3n) is 3.15. The molecule has 2 rings (SSSR count). The van der Waals surface area contributed by atoms with Crippen molar-refractivity contribution in [2.75, 3.05) is 13.1 Å². The first-order chi connectivity index (χ1) is 8.90. The van der Waals surface area contributed by atoms with Gasteiger partial charge in [0, 0.05) is 32.4 Å². The molecule has 1 aromatic heterocycles. The summed E-state index contributed by atoms with van der Waals surface area (Å²) in [7, 11) is 1.33. The predicted molar refractivity (Wildman–Crippen MR) is 63.6 cm³/mol. The summed E-state index contributed by atoms with van der Waals surface area (Å²) in [4.78, 5) is 46.7. The molecule has 0 aliphatic carbocycles. The van der Waals surface area contributed by atoms with Gasteiger partial charge in [0.25, 0.3) is 5.56 Å². The summed E-state index contributed by atoms with van der Waals surface area (Å²) in [5, 5.41) is 8.70. The third kappa shape index (κ3) is 2.42. The monoisotopic (exact) mass is 267 g/mol. The highest BCUT2D eigenvalue weighted by atomic mass is 16.4. The maximum atomic E-state index is 11.8. The Balaban J connectivity index is 2.05. The van der Waals surface area contributed by atoms with E-state index in [9.17, 15) is 19.2 Å². The summed E-state index contributed by atoms with van der Waals surface area (Å²) in [6.45, 7) is 0.128. The van der Waals surface area contributed by atoms with E-state index in [1.165, 1.54) is 24.2 Å². The second kappa shape index (κ2) is 4.71. The summed E-state index contributed by atoms with van der Waals surface area (Å²) < 4.78 is 2.03. The minimum atomic E-state index is -0.927. The highest BCUT2D eigenvalue weighted by Gasteiger charge is 2.35. The van der Waals surface area contributed by atoms with Crippen LogP contribution in [-0.4, -0.2) is 44.1 Å². The standard InChI is InChI=1S/C11H13N3O5/c1-12-8(15)2-3-13(11(12)19)6-9(16)14-4-7(5-14)10(17)18/h2-3,7H,4-6H2,1H3,(H,17,18). The van der Waals surface area contributed by atoms with Crippen molar-refractivity contribution in [1.29, 1.82) is 0 Å². The smallest absolute Gasteiger partial charge is 0.331 e. The molecule has 0 spiro atoms. The van der Waals surface area contributed by atoms with Gasteiger partial charge in [-0.1, -0.05) is 0 Å². The lowest BCUT2D eigenvalue weighted by atomic mass is 10.0. The van der Waals surface area contributed by atoms with Crippen LogP contribution in [0.1, 0.15) is 0 Å². The normalized spacial score (nSPS) is 15.1. The number of hydrogen-bond acceptors (Lipinski definition) is 4. The van der Waals surface area contributed by atoms with Gasteiger partial charge in [-0.05, 0) is 0 Å². The SMILES string of the molecule is Cn1c(=O)ccn(CC(=O)N2CC(C(=O)O)C2)c1=O. The van der Waals surface area contributed by atoms with Gasteiger partial charge in [0.15, 0.2) is 0 Å². The number of likely N-dealkylation sites (tertiary alicyclic amines) is 1. The van der Waals surface area contributed by atoms with Crippen LogP contribution in [0.25, 0.3) is 0 Å². The molecular formula is C11H13N3O5. The van der Waals surface area contributed by atoms with Crippen molar-refractivity contribution in [2.45, 2.75) is 6.54 Å². The first-order valence-electron chi connectivity index (χ1n) is 5.67. The van der Waals surface area contributed by atoms with Crippen molar-refractivity contribution in [3.05, 3.63) is 33.1 Å². The van der Waals surface area contributed by atoms with E-state index in [4.69, 9.17) is 5.11 Å². The number of carbonyl (C=O) groups is 2. The summed E-state index contributed by atoms with van der Waals surface area (Å²) >= 11 is 0. The van der Waals surface area contributed by atoms with Crippen molar-refractivity contribution < 1.29 is 14.7 Å². The quantitative estimate of drug-likeness (QED) is 0.688. The number of amides is 1. The van der Waals surface area contributed by atoms with Crippen molar-refractivity contribution in [3.8, 4) is 0 Å². The number of rotatable bonds is 3. The fraction of sp³-hybridized carbons (Fsp3) is 0.455. The number of nitrogens with zero attached hydrogens (tertiary/aromatic N) is 3. The fourth-order valence-corrected chi connectivity index (χ4v) is 1.82. The lowest BCUT2D eigenvalue weighted by Crippen LogP contribution is -2.54. The largest absolute Gasteiger partial charge is 0.481 e. The van der Waals surface area contributed by atoms with Crippen molar-refractivity contribution in [1.82, 2.24) is 14.0 Å². The molecule has 8 nitrogen and oxygen atoms in total.